The van der Waals surface area contributed by atoms with Crippen LogP contribution in [0.25, 0.3) is 0 Å². The van der Waals surface area contributed by atoms with Crippen LogP contribution in [0.5, 0.6) is 0 Å². The molecule has 0 aliphatic heterocycles. The highest BCUT2D eigenvalue weighted by Gasteiger charge is 2.20. The van der Waals surface area contributed by atoms with Gasteiger partial charge in [-0.3, -0.25) is 0 Å². The maximum absolute atomic E-state index is 5.62. The van der Waals surface area contributed by atoms with Crippen LogP contribution in [0.15, 0.2) is 37.1 Å². The van der Waals surface area contributed by atoms with Gasteiger partial charge in [0.1, 0.15) is 11.8 Å². The summed E-state index contributed by atoms with van der Waals surface area (Å²) in [6, 6.07) is 6.08. The molecule has 0 aliphatic rings. The summed E-state index contributed by atoms with van der Waals surface area (Å²) in [5.41, 5.74) is 0. The molecular formula is C11H11Br2NOS. The SMILES string of the molecule is CCNC(c1ccc(Br)o1)c1sccc1Br. The van der Waals surface area contributed by atoms with Crippen molar-refractivity contribution in [2.75, 3.05) is 6.54 Å². The summed E-state index contributed by atoms with van der Waals surface area (Å²) in [4.78, 5) is 1.24. The Kier molecular flexibility index (Phi) is 4.24. The first-order valence-electron chi connectivity index (χ1n) is 4.94. The number of furan rings is 1. The van der Waals surface area contributed by atoms with E-state index >= 15 is 0 Å². The predicted octanol–water partition coefficient (Wildman–Crippen LogP) is 4.57. The molecule has 0 aromatic carbocycles. The third-order valence-corrected chi connectivity index (χ3v) is 4.56. The van der Waals surface area contributed by atoms with E-state index in [4.69, 9.17) is 4.42 Å². The van der Waals surface area contributed by atoms with Crippen LogP contribution in [0.1, 0.15) is 23.6 Å². The zero-order valence-electron chi connectivity index (χ0n) is 8.67. The Morgan fingerprint density at radius 2 is 2.19 bits per heavy atom. The van der Waals surface area contributed by atoms with E-state index in [9.17, 15) is 0 Å². The average molecular weight is 365 g/mol. The van der Waals surface area contributed by atoms with Crippen molar-refractivity contribution in [1.29, 1.82) is 0 Å². The van der Waals surface area contributed by atoms with Gasteiger partial charge in [0.05, 0.1) is 0 Å². The zero-order valence-corrected chi connectivity index (χ0v) is 12.7. The van der Waals surface area contributed by atoms with Gasteiger partial charge in [0.15, 0.2) is 4.67 Å². The Hall–Kier alpha value is -0.100. The molecule has 16 heavy (non-hydrogen) atoms. The molecule has 0 fully saturated rings. The monoisotopic (exact) mass is 363 g/mol. The number of rotatable bonds is 4. The second kappa shape index (κ2) is 5.49. The van der Waals surface area contributed by atoms with Gasteiger partial charge in [-0.2, -0.15) is 0 Å². The molecule has 2 heterocycles. The van der Waals surface area contributed by atoms with Crippen LogP contribution in [0, 0.1) is 0 Å². The molecule has 1 unspecified atom stereocenters. The van der Waals surface area contributed by atoms with Crippen LogP contribution in [0.3, 0.4) is 0 Å². The van der Waals surface area contributed by atoms with Crippen molar-refractivity contribution in [2.45, 2.75) is 13.0 Å². The van der Waals surface area contributed by atoms with Crippen LogP contribution in [-0.2, 0) is 0 Å². The van der Waals surface area contributed by atoms with Gasteiger partial charge in [0, 0.05) is 9.35 Å². The van der Waals surface area contributed by atoms with Gasteiger partial charge in [0.2, 0.25) is 0 Å². The largest absolute Gasteiger partial charge is 0.452 e. The van der Waals surface area contributed by atoms with E-state index in [1.54, 1.807) is 11.3 Å². The minimum absolute atomic E-state index is 0.116. The number of hydrogen-bond acceptors (Lipinski definition) is 3. The highest BCUT2D eigenvalue weighted by atomic mass is 79.9. The number of halogens is 2. The topological polar surface area (TPSA) is 25.2 Å². The van der Waals surface area contributed by atoms with Crippen molar-refractivity contribution >= 4 is 43.2 Å². The van der Waals surface area contributed by atoms with Crippen molar-refractivity contribution < 1.29 is 4.42 Å². The summed E-state index contributed by atoms with van der Waals surface area (Å²) in [6.45, 7) is 2.99. The zero-order chi connectivity index (χ0) is 11.5. The van der Waals surface area contributed by atoms with E-state index in [0.717, 1.165) is 21.4 Å². The summed E-state index contributed by atoms with van der Waals surface area (Å²) >= 11 is 8.61. The molecule has 0 aliphatic carbocycles. The summed E-state index contributed by atoms with van der Waals surface area (Å²) in [6.07, 6.45) is 0. The smallest absolute Gasteiger partial charge is 0.169 e. The minimum Gasteiger partial charge on any atom is -0.452 e. The second-order valence-corrected chi connectivity index (χ2v) is 5.85. The molecule has 0 amide bonds. The van der Waals surface area contributed by atoms with Gasteiger partial charge < -0.3 is 9.73 Å². The highest BCUT2D eigenvalue weighted by molar-refractivity contribution is 9.10. The van der Waals surface area contributed by atoms with Gasteiger partial charge in [-0.1, -0.05) is 6.92 Å². The Morgan fingerprint density at radius 3 is 2.69 bits per heavy atom. The molecule has 2 aromatic rings. The number of hydrogen-bond donors (Lipinski definition) is 1. The molecule has 2 nitrogen and oxygen atoms in total. The number of thiophene rings is 1. The Labute approximate surface area is 115 Å². The fraction of sp³-hybridized carbons (Fsp3) is 0.273. The van der Waals surface area contributed by atoms with Crippen LogP contribution in [0.2, 0.25) is 0 Å². The molecule has 0 spiro atoms. The van der Waals surface area contributed by atoms with E-state index in [0.29, 0.717) is 0 Å². The Bertz CT molecular complexity index is 466. The van der Waals surface area contributed by atoms with Gasteiger partial charge >= 0.3 is 0 Å². The van der Waals surface area contributed by atoms with Gasteiger partial charge in [-0.05, 0) is 62.0 Å². The third kappa shape index (κ3) is 2.59. The Balaban J connectivity index is 2.34. The molecule has 0 saturated heterocycles. The van der Waals surface area contributed by atoms with Gasteiger partial charge in [0.25, 0.3) is 0 Å². The maximum Gasteiger partial charge on any atom is 0.169 e. The minimum atomic E-state index is 0.116. The molecule has 0 bridgehead atoms. The first kappa shape index (κ1) is 12.4. The normalized spacial score (nSPS) is 12.9. The third-order valence-electron chi connectivity index (χ3n) is 2.19. The lowest BCUT2D eigenvalue weighted by molar-refractivity contribution is 0.440. The molecular weight excluding hydrogens is 354 g/mol. The van der Waals surface area contributed by atoms with Crippen molar-refractivity contribution in [2.24, 2.45) is 0 Å². The quantitative estimate of drug-likeness (QED) is 0.859. The summed E-state index contributed by atoms with van der Waals surface area (Å²) < 4.78 is 7.50. The van der Waals surface area contributed by atoms with E-state index in [-0.39, 0.29) is 6.04 Å². The molecule has 0 saturated carbocycles. The fourth-order valence-electron chi connectivity index (χ4n) is 1.52. The predicted molar refractivity (Wildman–Crippen MR) is 73.9 cm³/mol. The fourth-order valence-corrected chi connectivity index (χ4v) is 3.52. The highest BCUT2D eigenvalue weighted by Crippen LogP contribution is 2.34. The van der Waals surface area contributed by atoms with Crippen LogP contribution < -0.4 is 5.32 Å². The Morgan fingerprint density at radius 1 is 1.38 bits per heavy atom. The second-order valence-electron chi connectivity index (χ2n) is 3.27. The van der Waals surface area contributed by atoms with Crippen molar-refractivity contribution in [3.05, 3.63) is 43.4 Å². The lowest BCUT2D eigenvalue weighted by Crippen LogP contribution is -2.20. The van der Waals surface area contributed by atoms with Crippen molar-refractivity contribution in [3.8, 4) is 0 Å². The molecule has 86 valence electrons. The molecule has 2 aromatic heterocycles. The van der Waals surface area contributed by atoms with Gasteiger partial charge in [-0.15, -0.1) is 11.3 Å². The van der Waals surface area contributed by atoms with Crippen LogP contribution >= 0.6 is 43.2 Å². The van der Waals surface area contributed by atoms with E-state index in [1.165, 1.54) is 4.88 Å². The van der Waals surface area contributed by atoms with Crippen molar-refractivity contribution in [3.63, 3.8) is 0 Å². The molecule has 0 radical (unpaired) electrons. The van der Waals surface area contributed by atoms with Crippen molar-refractivity contribution in [1.82, 2.24) is 5.32 Å². The first-order valence-corrected chi connectivity index (χ1v) is 7.40. The van der Waals surface area contributed by atoms with Crippen LogP contribution in [0.4, 0.5) is 0 Å². The maximum atomic E-state index is 5.62. The molecule has 5 heteroatoms. The van der Waals surface area contributed by atoms with E-state index < -0.39 is 0 Å². The van der Waals surface area contributed by atoms with E-state index in [2.05, 4.69) is 55.5 Å². The summed E-state index contributed by atoms with van der Waals surface area (Å²) in [5, 5.41) is 5.49. The molecule has 1 atom stereocenters. The average Bonchev–Trinajstić information content (AvgIpc) is 2.84. The molecule has 2 rings (SSSR count). The lowest BCUT2D eigenvalue weighted by atomic mass is 10.2. The van der Waals surface area contributed by atoms with E-state index in [1.807, 2.05) is 12.1 Å². The summed E-state index contributed by atoms with van der Waals surface area (Å²) in [7, 11) is 0. The standard InChI is InChI=1S/C11H11Br2NOS/c1-2-14-10(8-3-4-9(13)15-8)11-7(12)5-6-16-11/h3-6,10,14H,2H2,1H3. The molecule has 1 N–H and O–H groups in total. The lowest BCUT2D eigenvalue weighted by Gasteiger charge is -2.14. The summed E-state index contributed by atoms with van der Waals surface area (Å²) in [5.74, 6) is 0.928. The van der Waals surface area contributed by atoms with Crippen LogP contribution in [-0.4, -0.2) is 6.54 Å². The van der Waals surface area contributed by atoms with Gasteiger partial charge in [-0.25, -0.2) is 0 Å². The number of nitrogens with one attached hydrogen (secondary N) is 1. The first-order chi connectivity index (χ1) is 7.72.